The number of hydrogen-bond donors (Lipinski definition) is 1. The quantitative estimate of drug-likeness (QED) is 0.840. The summed E-state index contributed by atoms with van der Waals surface area (Å²) in [7, 11) is -0.984. The van der Waals surface area contributed by atoms with E-state index in [-0.39, 0.29) is 5.25 Å². The number of halogens is 1. The first-order valence-electron chi connectivity index (χ1n) is 5.62. The largest absolute Gasteiger partial charge is 0.399 e. The first kappa shape index (κ1) is 13.6. The Bertz CT molecular complexity index is 595. The number of rotatable bonds is 4. The van der Waals surface area contributed by atoms with E-state index in [0.717, 1.165) is 0 Å². The monoisotopic (exact) mass is 283 g/mol. The molecule has 0 amide bonds. The molecule has 2 aromatic rings. The van der Waals surface area contributed by atoms with Gasteiger partial charge >= 0.3 is 0 Å². The molecule has 102 valence electrons. The molecule has 19 heavy (non-hydrogen) atoms. The lowest BCUT2D eigenvalue weighted by molar-refractivity contribution is 0.578. The highest BCUT2D eigenvalue weighted by Gasteiger charge is 2.15. The van der Waals surface area contributed by atoms with E-state index in [2.05, 4.69) is 15.5 Å². The standard InChI is InChI=1S/C11H14FN5OS/c1-7(19(2)18)6-17-11(14-15-16-17)8-3-9(12)5-10(13)4-8/h3-5,7H,6,13H2,1-2H3. The number of tetrazole rings is 1. The third-order valence-electron chi connectivity index (χ3n) is 2.71. The van der Waals surface area contributed by atoms with Gasteiger partial charge in [-0.05, 0) is 35.5 Å². The molecular formula is C11H14FN5OS. The van der Waals surface area contributed by atoms with Gasteiger partial charge in [-0.15, -0.1) is 5.10 Å². The third kappa shape index (κ3) is 3.14. The fourth-order valence-corrected chi connectivity index (χ4v) is 1.98. The van der Waals surface area contributed by atoms with Crippen LogP contribution in [-0.4, -0.2) is 35.9 Å². The van der Waals surface area contributed by atoms with E-state index in [0.29, 0.717) is 23.6 Å². The fraction of sp³-hybridized carbons (Fsp3) is 0.364. The summed E-state index contributed by atoms with van der Waals surface area (Å²) < 4.78 is 26.2. The van der Waals surface area contributed by atoms with Crippen LogP contribution in [0.4, 0.5) is 10.1 Å². The summed E-state index contributed by atoms with van der Waals surface area (Å²) in [6.45, 7) is 2.23. The van der Waals surface area contributed by atoms with Crippen molar-refractivity contribution < 1.29 is 8.60 Å². The number of nitrogens with two attached hydrogens (primary N) is 1. The summed E-state index contributed by atoms with van der Waals surface area (Å²) in [5.74, 6) is -0.0415. The normalized spacial score (nSPS) is 14.3. The van der Waals surface area contributed by atoms with Gasteiger partial charge in [0.25, 0.3) is 0 Å². The molecular weight excluding hydrogens is 269 g/mol. The zero-order valence-electron chi connectivity index (χ0n) is 10.6. The molecule has 0 saturated heterocycles. The molecule has 1 aromatic heterocycles. The summed E-state index contributed by atoms with van der Waals surface area (Å²) in [6.07, 6.45) is 1.62. The van der Waals surface area contributed by atoms with Gasteiger partial charge in [-0.25, -0.2) is 9.07 Å². The number of anilines is 1. The Morgan fingerprint density at radius 1 is 1.47 bits per heavy atom. The maximum absolute atomic E-state index is 13.3. The second kappa shape index (κ2) is 5.43. The van der Waals surface area contributed by atoms with E-state index in [1.54, 1.807) is 12.3 Å². The van der Waals surface area contributed by atoms with Crippen LogP contribution in [-0.2, 0) is 17.3 Å². The van der Waals surface area contributed by atoms with Crippen molar-refractivity contribution >= 4 is 16.5 Å². The predicted molar refractivity (Wildman–Crippen MR) is 71.2 cm³/mol. The molecule has 0 aliphatic carbocycles. The van der Waals surface area contributed by atoms with Crippen LogP contribution in [0.2, 0.25) is 0 Å². The molecule has 0 spiro atoms. The summed E-state index contributed by atoms with van der Waals surface area (Å²) in [4.78, 5) is 0. The van der Waals surface area contributed by atoms with Crippen molar-refractivity contribution in [2.75, 3.05) is 12.0 Å². The lowest BCUT2D eigenvalue weighted by Gasteiger charge is -2.09. The lowest BCUT2D eigenvalue weighted by Crippen LogP contribution is -2.19. The van der Waals surface area contributed by atoms with Gasteiger partial charge in [-0.1, -0.05) is 0 Å². The molecule has 0 fully saturated rings. The van der Waals surface area contributed by atoms with Gasteiger partial charge < -0.3 is 5.73 Å². The number of hydrogen-bond acceptors (Lipinski definition) is 5. The molecule has 6 nitrogen and oxygen atoms in total. The zero-order valence-corrected chi connectivity index (χ0v) is 11.4. The minimum absolute atomic E-state index is 0.104. The van der Waals surface area contributed by atoms with Gasteiger partial charge in [0.05, 0.1) is 11.8 Å². The fourth-order valence-electron chi connectivity index (χ4n) is 1.62. The van der Waals surface area contributed by atoms with Crippen molar-refractivity contribution in [3.63, 3.8) is 0 Å². The SMILES string of the molecule is CC(Cn1nnnc1-c1cc(N)cc(F)c1)S(C)=O. The highest BCUT2D eigenvalue weighted by Crippen LogP contribution is 2.20. The Labute approximate surface area is 112 Å². The summed E-state index contributed by atoms with van der Waals surface area (Å²) in [5.41, 5.74) is 6.40. The van der Waals surface area contributed by atoms with Gasteiger partial charge in [0, 0.05) is 28.3 Å². The van der Waals surface area contributed by atoms with Crippen molar-refractivity contribution in [2.24, 2.45) is 0 Å². The second-order valence-electron chi connectivity index (χ2n) is 4.27. The van der Waals surface area contributed by atoms with Crippen LogP contribution in [0, 0.1) is 5.82 Å². The van der Waals surface area contributed by atoms with Crippen molar-refractivity contribution in [2.45, 2.75) is 18.7 Å². The summed E-state index contributed by atoms with van der Waals surface area (Å²) >= 11 is 0. The Morgan fingerprint density at radius 2 is 2.21 bits per heavy atom. The average molecular weight is 283 g/mol. The number of benzene rings is 1. The molecule has 1 aromatic carbocycles. The van der Waals surface area contributed by atoms with E-state index < -0.39 is 16.6 Å². The number of aromatic nitrogens is 4. The molecule has 0 aliphatic heterocycles. The van der Waals surface area contributed by atoms with E-state index in [4.69, 9.17) is 5.73 Å². The molecule has 2 rings (SSSR count). The van der Waals surface area contributed by atoms with Gasteiger partial charge in [0.2, 0.25) is 0 Å². The maximum atomic E-state index is 13.3. The van der Waals surface area contributed by atoms with Crippen LogP contribution in [0.3, 0.4) is 0 Å². The minimum Gasteiger partial charge on any atom is -0.399 e. The van der Waals surface area contributed by atoms with Crippen LogP contribution in [0.1, 0.15) is 6.92 Å². The summed E-state index contributed by atoms with van der Waals surface area (Å²) in [6, 6.07) is 4.13. The van der Waals surface area contributed by atoms with Crippen LogP contribution in [0.25, 0.3) is 11.4 Å². The highest BCUT2D eigenvalue weighted by molar-refractivity contribution is 7.84. The number of nitrogens with zero attached hydrogens (tertiary/aromatic N) is 4. The smallest absolute Gasteiger partial charge is 0.182 e. The van der Waals surface area contributed by atoms with Crippen molar-refractivity contribution in [1.29, 1.82) is 0 Å². The lowest BCUT2D eigenvalue weighted by atomic mass is 10.2. The first-order chi connectivity index (χ1) is 8.97. The average Bonchev–Trinajstić information content (AvgIpc) is 2.75. The van der Waals surface area contributed by atoms with Gasteiger partial charge in [-0.2, -0.15) is 0 Å². The van der Waals surface area contributed by atoms with Crippen molar-refractivity contribution in [3.8, 4) is 11.4 Å². The van der Waals surface area contributed by atoms with E-state index in [1.165, 1.54) is 16.8 Å². The summed E-state index contributed by atoms with van der Waals surface area (Å²) in [5, 5.41) is 11.2. The first-order valence-corrected chi connectivity index (χ1v) is 7.24. The topological polar surface area (TPSA) is 86.7 Å². The molecule has 0 bridgehead atoms. The third-order valence-corrected chi connectivity index (χ3v) is 3.99. The Kier molecular flexibility index (Phi) is 3.89. The molecule has 2 N–H and O–H groups in total. The predicted octanol–water partition coefficient (Wildman–Crippen LogP) is 0.828. The van der Waals surface area contributed by atoms with E-state index in [9.17, 15) is 8.60 Å². The van der Waals surface area contributed by atoms with Crippen LogP contribution < -0.4 is 5.73 Å². The van der Waals surface area contributed by atoms with Crippen LogP contribution in [0.15, 0.2) is 18.2 Å². The molecule has 8 heteroatoms. The minimum atomic E-state index is -0.984. The zero-order chi connectivity index (χ0) is 14.0. The van der Waals surface area contributed by atoms with Crippen LogP contribution in [0.5, 0.6) is 0 Å². The Balaban J connectivity index is 2.36. The number of nitrogen functional groups attached to an aromatic ring is 1. The molecule has 0 saturated carbocycles. The maximum Gasteiger partial charge on any atom is 0.182 e. The molecule has 1 heterocycles. The van der Waals surface area contributed by atoms with Crippen molar-refractivity contribution in [3.05, 3.63) is 24.0 Å². The Morgan fingerprint density at radius 3 is 2.84 bits per heavy atom. The highest BCUT2D eigenvalue weighted by atomic mass is 32.2. The molecule has 2 atom stereocenters. The van der Waals surface area contributed by atoms with Crippen molar-refractivity contribution in [1.82, 2.24) is 20.2 Å². The second-order valence-corrected chi connectivity index (χ2v) is 6.07. The van der Waals surface area contributed by atoms with E-state index in [1.807, 2.05) is 6.92 Å². The molecule has 0 radical (unpaired) electrons. The van der Waals surface area contributed by atoms with Gasteiger partial charge in [-0.3, -0.25) is 4.21 Å². The molecule has 0 aliphatic rings. The van der Waals surface area contributed by atoms with E-state index >= 15 is 0 Å². The van der Waals surface area contributed by atoms with Gasteiger partial charge in [0.1, 0.15) is 5.82 Å². The molecule has 2 unspecified atom stereocenters. The van der Waals surface area contributed by atoms with Crippen LogP contribution >= 0.6 is 0 Å². The van der Waals surface area contributed by atoms with Gasteiger partial charge in [0.15, 0.2) is 5.82 Å². The Hall–Kier alpha value is -1.83.